The van der Waals surface area contributed by atoms with Gasteiger partial charge in [-0.15, -0.1) is 0 Å². The van der Waals surface area contributed by atoms with Crippen molar-refractivity contribution in [3.63, 3.8) is 0 Å². The summed E-state index contributed by atoms with van der Waals surface area (Å²) in [7, 11) is 2.76. The van der Waals surface area contributed by atoms with Crippen LogP contribution in [0, 0.1) is 0 Å². The molecule has 0 saturated carbocycles. The zero-order valence-corrected chi connectivity index (χ0v) is 13.9. The molecule has 0 amide bonds. The molecule has 9 heteroatoms. The van der Waals surface area contributed by atoms with Gasteiger partial charge in [0.15, 0.2) is 5.78 Å². The molecule has 1 heterocycles. The third kappa shape index (κ3) is 4.14. The van der Waals surface area contributed by atoms with E-state index in [1.165, 1.54) is 32.4 Å². The van der Waals surface area contributed by atoms with E-state index in [-0.39, 0.29) is 11.3 Å². The Balaban J connectivity index is 2.42. The number of methoxy groups -OCH3 is 2. The van der Waals surface area contributed by atoms with Crippen molar-refractivity contribution in [2.75, 3.05) is 14.2 Å². The Morgan fingerprint density at radius 1 is 1.20 bits per heavy atom. The minimum Gasteiger partial charge on any atom is -0.497 e. The Morgan fingerprint density at radius 3 is 2.44 bits per heavy atom. The number of carbonyl (C=O) groups excluding carboxylic acids is 1. The van der Waals surface area contributed by atoms with Crippen LogP contribution in [0.5, 0.6) is 11.5 Å². The molecule has 2 rings (SSSR count). The Bertz CT molecular complexity index is 861. The van der Waals surface area contributed by atoms with Crippen LogP contribution in [-0.2, 0) is 12.7 Å². The van der Waals surface area contributed by atoms with E-state index in [1.54, 1.807) is 0 Å². The van der Waals surface area contributed by atoms with Crippen molar-refractivity contribution in [3.05, 3.63) is 57.0 Å². The van der Waals surface area contributed by atoms with Gasteiger partial charge in [-0.2, -0.15) is 13.2 Å². The lowest BCUT2D eigenvalue weighted by atomic mass is 10.1. The van der Waals surface area contributed by atoms with E-state index >= 15 is 0 Å². The SMILES string of the molecule is COc1ccc(C(=O)Cn2cc(C(F)(F)F)cc(Cl)c2=O)c(OC)c1. The molecule has 134 valence electrons. The number of ketones is 1. The molecule has 2 aromatic rings. The fraction of sp³-hybridized carbons (Fsp3) is 0.250. The number of alkyl halides is 3. The highest BCUT2D eigenvalue weighted by molar-refractivity contribution is 6.30. The fourth-order valence-corrected chi connectivity index (χ4v) is 2.37. The van der Waals surface area contributed by atoms with Crippen LogP contribution in [0.4, 0.5) is 13.2 Å². The van der Waals surface area contributed by atoms with Gasteiger partial charge in [-0.25, -0.2) is 0 Å². The van der Waals surface area contributed by atoms with Gasteiger partial charge in [0.25, 0.3) is 5.56 Å². The molecule has 25 heavy (non-hydrogen) atoms. The van der Waals surface area contributed by atoms with Crippen LogP contribution in [0.2, 0.25) is 5.02 Å². The summed E-state index contributed by atoms with van der Waals surface area (Å²) in [6.07, 6.45) is -4.14. The lowest BCUT2D eigenvalue weighted by molar-refractivity contribution is -0.138. The van der Waals surface area contributed by atoms with Crippen LogP contribution < -0.4 is 15.0 Å². The third-order valence-electron chi connectivity index (χ3n) is 3.39. The zero-order valence-electron chi connectivity index (χ0n) is 13.2. The lowest BCUT2D eigenvalue weighted by Crippen LogP contribution is -2.26. The minimum absolute atomic E-state index is 0.101. The van der Waals surface area contributed by atoms with E-state index in [2.05, 4.69) is 0 Å². The molecule has 0 spiro atoms. The molecule has 0 N–H and O–H groups in total. The topological polar surface area (TPSA) is 57.5 Å². The number of hydrogen-bond acceptors (Lipinski definition) is 4. The summed E-state index contributed by atoms with van der Waals surface area (Å²) < 4.78 is 49.3. The quantitative estimate of drug-likeness (QED) is 0.751. The number of nitrogens with zero attached hydrogens (tertiary/aromatic N) is 1. The first-order chi connectivity index (χ1) is 11.7. The van der Waals surface area contributed by atoms with Crippen molar-refractivity contribution < 1.29 is 27.4 Å². The van der Waals surface area contributed by atoms with E-state index in [0.29, 0.717) is 22.6 Å². The standard InChI is InChI=1S/C16H13ClF3NO4/c1-24-10-3-4-11(14(6-10)25-2)13(22)8-21-7-9(16(18,19)20)5-12(17)15(21)23/h3-7H,8H2,1-2H3. The van der Waals surface area contributed by atoms with Gasteiger partial charge < -0.3 is 14.0 Å². The first-order valence-corrected chi connectivity index (χ1v) is 7.27. The number of rotatable bonds is 5. The first-order valence-electron chi connectivity index (χ1n) is 6.89. The molecule has 5 nitrogen and oxygen atoms in total. The third-order valence-corrected chi connectivity index (χ3v) is 3.66. The lowest BCUT2D eigenvalue weighted by Gasteiger charge is -2.13. The Morgan fingerprint density at radius 2 is 1.88 bits per heavy atom. The number of ether oxygens (including phenoxy) is 2. The van der Waals surface area contributed by atoms with Crippen LogP contribution in [0.15, 0.2) is 35.3 Å². The van der Waals surface area contributed by atoms with Crippen molar-refractivity contribution in [1.29, 1.82) is 0 Å². The van der Waals surface area contributed by atoms with E-state index in [1.807, 2.05) is 0 Å². The molecule has 0 radical (unpaired) electrons. The molecule has 0 aliphatic heterocycles. The molecular weight excluding hydrogens is 363 g/mol. The number of benzene rings is 1. The molecule has 0 saturated heterocycles. The average molecular weight is 376 g/mol. The van der Waals surface area contributed by atoms with Crippen molar-refractivity contribution in [1.82, 2.24) is 4.57 Å². The second-order valence-electron chi connectivity index (χ2n) is 5.00. The minimum atomic E-state index is -4.69. The van der Waals surface area contributed by atoms with Gasteiger partial charge in [-0.3, -0.25) is 9.59 Å². The van der Waals surface area contributed by atoms with Crippen LogP contribution in [0.1, 0.15) is 15.9 Å². The second-order valence-corrected chi connectivity index (χ2v) is 5.40. The van der Waals surface area contributed by atoms with Crippen molar-refractivity contribution in [2.45, 2.75) is 12.7 Å². The van der Waals surface area contributed by atoms with Crippen molar-refractivity contribution in [3.8, 4) is 11.5 Å². The summed E-state index contributed by atoms with van der Waals surface area (Å²) >= 11 is 5.57. The molecular formula is C16H13ClF3NO4. The van der Waals surface area contributed by atoms with Crippen LogP contribution in [-0.4, -0.2) is 24.6 Å². The van der Waals surface area contributed by atoms with Crippen LogP contribution in [0.3, 0.4) is 0 Å². The predicted octanol–water partition coefficient (Wildman–Crippen LogP) is 3.42. The maximum atomic E-state index is 12.8. The Hall–Kier alpha value is -2.48. The molecule has 0 aliphatic carbocycles. The average Bonchev–Trinajstić information content (AvgIpc) is 2.56. The van der Waals surface area contributed by atoms with Crippen molar-refractivity contribution in [2.24, 2.45) is 0 Å². The van der Waals surface area contributed by atoms with E-state index in [4.69, 9.17) is 21.1 Å². The smallest absolute Gasteiger partial charge is 0.417 e. The normalized spacial score (nSPS) is 11.3. The van der Waals surface area contributed by atoms with Gasteiger partial charge in [-0.1, -0.05) is 11.6 Å². The number of carbonyl (C=O) groups is 1. The summed E-state index contributed by atoms with van der Waals surface area (Å²) in [5, 5.41) is -0.621. The van der Waals surface area contributed by atoms with Crippen molar-refractivity contribution >= 4 is 17.4 Å². The monoisotopic (exact) mass is 375 g/mol. The molecule has 0 atom stereocenters. The van der Waals surface area contributed by atoms with Gasteiger partial charge in [0.2, 0.25) is 0 Å². The van der Waals surface area contributed by atoms with Gasteiger partial charge in [0.1, 0.15) is 16.5 Å². The molecule has 0 unspecified atom stereocenters. The van der Waals surface area contributed by atoms with Gasteiger partial charge in [0.05, 0.1) is 31.9 Å². The van der Waals surface area contributed by atoms with Gasteiger partial charge in [0, 0.05) is 12.3 Å². The number of hydrogen-bond donors (Lipinski definition) is 0. The maximum Gasteiger partial charge on any atom is 0.417 e. The molecule has 0 fully saturated rings. The maximum absolute atomic E-state index is 12.8. The van der Waals surface area contributed by atoms with E-state index < -0.39 is 34.6 Å². The number of halogens is 4. The number of Topliss-reactive ketones (excluding diaryl/α,β-unsaturated/α-hetero) is 1. The molecule has 0 bridgehead atoms. The largest absolute Gasteiger partial charge is 0.497 e. The first kappa shape index (κ1) is 18.9. The van der Waals surface area contributed by atoms with Crippen LogP contribution in [0.25, 0.3) is 0 Å². The highest BCUT2D eigenvalue weighted by Gasteiger charge is 2.32. The van der Waals surface area contributed by atoms with Gasteiger partial charge in [-0.05, 0) is 18.2 Å². The number of pyridine rings is 1. The van der Waals surface area contributed by atoms with Crippen LogP contribution >= 0.6 is 11.6 Å². The summed E-state index contributed by atoms with van der Waals surface area (Å²) in [5.74, 6) is 0.000135. The summed E-state index contributed by atoms with van der Waals surface area (Å²) in [6.45, 7) is -0.620. The van der Waals surface area contributed by atoms with E-state index in [0.717, 1.165) is 0 Å². The summed E-state index contributed by atoms with van der Waals surface area (Å²) in [6, 6.07) is 4.88. The van der Waals surface area contributed by atoms with Gasteiger partial charge >= 0.3 is 6.18 Å². The molecule has 1 aromatic heterocycles. The number of aromatic nitrogens is 1. The highest BCUT2D eigenvalue weighted by atomic mass is 35.5. The summed E-state index contributed by atoms with van der Waals surface area (Å²) in [5.41, 5.74) is -1.91. The highest BCUT2D eigenvalue weighted by Crippen LogP contribution is 2.30. The van der Waals surface area contributed by atoms with E-state index in [9.17, 15) is 22.8 Å². The fourth-order valence-electron chi connectivity index (χ4n) is 2.14. The Labute approximate surface area is 145 Å². The molecule has 1 aromatic carbocycles. The predicted molar refractivity (Wildman–Crippen MR) is 84.6 cm³/mol. The zero-order chi connectivity index (χ0) is 18.8. The molecule has 0 aliphatic rings. The Kier molecular flexibility index (Phi) is 5.42. The second kappa shape index (κ2) is 7.18. The summed E-state index contributed by atoms with van der Waals surface area (Å²) in [4.78, 5) is 24.3.